The van der Waals surface area contributed by atoms with E-state index in [-0.39, 0.29) is 11.1 Å². The molecule has 1 atom stereocenters. The Bertz CT molecular complexity index is 722. The Morgan fingerprint density at radius 3 is 1.77 bits per heavy atom. The van der Waals surface area contributed by atoms with E-state index in [4.69, 9.17) is 9.47 Å². The lowest BCUT2D eigenvalue weighted by Crippen LogP contribution is -2.19. The molecule has 1 aromatic rings. The van der Waals surface area contributed by atoms with Crippen LogP contribution in [0.3, 0.4) is 0 Å². The fourth-order valence-corrected chi connectivity index (χ4v) is 5.39. The number of halogens is 4. The van der Waals surface area contributed by atoms with Crippen LogP contribution in [-0.4, -0.2) is 25.2 Å². The van der Waals surface area contributed by atoms with E-state index < -0.39 is 11.9 Å². The summed E-state index contributed by atoms with van der Waals surface area (Å²) in [6.07, 6.45) is 8.18. The topological polar surface area (TPSA) is 52.6 Å². The first-order valence-electron chi connectivity index (χ1n) is 10.5. The van der Waals surface area contributed by atoms with Crippen LogP contribution in [0.2, 0.25) is 0 Å². The molecule has 0 aromatic heterocycles. The first kappa shape index (κ1) is 28.1. The average Bonchev–Trinajstić information content (AvgIpc) is 2.74. The fourth-order valence-electron chi connectivity index (χ4n) is 2.94. The maximum atomic E-state index is 13.0. The van der Waals surface area contributed by atoms with Gasteiger partial charge in [-0.2, -0.15) is 0 Å². The quantitative estimate of drug-likeness (QED) is 0.0906. The van der Waals surface area contributed by atoms with Crippen LogP contribution < -0.4 is 0 Å². The SMILES string of the molecule is CCCCCCOC(=O)c1c(Br)c(Br)c(Br)c(Br)c1C(=O)OCC(CC)CCCC. The largest absolute Gasteiger partial charge is 0.462 e. The van der Waals surface area contributed by atoms with Crippen LogP contribution in [0.5, 0.6) is 0 Å². The standard InChI is InChI=1S/C22H30Br4O4/c1-4-7-9-10-12-29-21(27)15-16(18(24)20(26)19(25)17(15)23)22(28)30-13-14(6-3)11-8-5-2/h14H,4-13H2,1-3H3. The highest BCUT2D eigenvalue weighted by Gasteiger charge is 2.30. The molecule has 1 unspecified atom stereocenters. The molecule has 8 heteroatoms. The Balaban J connectivity index is 3.08. The van der Waals surface area contributed by atoms with Gasteiger partial charge in [0.2, 0.25) is 0 Å². The van der Waals surface area contributed by atoms with Gasteiger partial charge in [-0.3, -0.25) is 0 Å². The maximum absolute atomic E-state index is 13.0. The normalized spacial score (nSPS) is 12.0. The molecule has 0 bridgehead atoms. The summed E-state index contributed by atoms with van der Waals surface area (Å²) in [6.45, 7) is 7.02. The highest BCUT2D eigenvalue weighted by Crippen LogP contribution is 2.42. The van der Waals surface area contributed by atoms with Crippen molar-refractivity contribution in [3.8, 4) is 0 Å². The van der Waals surface area contributed by atoms with Gasteiger partial charge < -0.3 is 9.47 Å². The van der Waals surface area contributed by atoms with Gasteiger partial charge in [-0.15, -0.1) is 0 Å². The predicted octanol–water partition coefficient (Wildman–Crippen LogP) is 8.85. The maximum Gasteiger partial charge on any atom is 0.340 e. The second-order valence-corrected chi connectivity index (χ2v) is 10.4. The molecule has 0 amide bonds. The summed E-state index contributed by atoms with van der Waals surface area (Å²) in [7, 11) is 0. The third-order valence-electron chi connectivity index (χ3n) is 4.90. The third kappa shape index (κ3) is 8.21. The van der Waals surface area contributed by atoms with Crippen LogP contribution in [0.4, 0.5) is 0 Å². The van der Waals surface area contributed by atoms with E-state index in [1.807, 2.05) is 0 Å². The van der Waals surface area contributed by atoms with E-state index in [2.05, 4.69) is 84.5 Å². The number of unbranched alkanes of at least 4 members (excludes halogenated alkanes) is 4. The minimum absolute atomic E-state index is 0.166. The number of ether oxygens (including phenoxy) is 2. The van der Waals surface area contributed by atoms with Crippen LogP contribution in [-0.2, 0) is 9.47 Å². The van der Waals surface area contributed by atoms with Crippen molar-refractivity contribution in [1.82, 2.24) is 0 Å². The van der Waals surface area contributed by atoms with E-state index in [9.17, 15) is 9.59 Å². The number of carbonyl (C=O) groups excluding carboxylic acids is 2. The molecule has 0 aliphatic heterocycles. The summed E-state index contributed by atoms with van der Waals surface area (Å²) in [5, 5.41) is 0. The molecular formula is C22H30Br4O4. The zero-order valence-electron chi connectivity index (χ0n) is 17.8. The molecule has 0 N–H and O–H groups in total. The van der Waals surface area contributed by atoms with E-state index >= 15 is 0 Å². The van der Waals surface area contributed by atoms with E-state index in [0.29, 0.717) is 37.0 Å². The first-order valence-corrected chi connectivity index (χ1v) is 13.7. The van der Waals surface area contributed by atoms with E-state index in [1.165, 1.54) is 0 Å². The fraction of sp³-hybridized carbons (Fsp3) is 0.636. The van der Waals surface area contributed by atoms with E-state index in [1.54, 1.807) is 0 Å². The highest BCUT2D eigenvalue weighted by atomic mass is 79.9. The van der Waals surface area contributed by atoms with Gasteiger partial charge in [-0.1, -0.05) is 59.3 Å². The molecule has 0 spiro atoms. The Morgan fingerprint density at radius 1 is 0.733 bits per heavy atom. The van der Waals surface area contributed by atoms with Crippen molar-refractivity contribution in [2.45, 2.75) is 72.1 Å². The predicted molar refractivity (Wildman–Crippen MR) is 135 cm³/mol. The van der Waals surface area contributed by atoms with Crippen LogP contribution in [0.25, 0.3) is 0 Å². The second kappa shape index (κ2) is 15.0. The van der Waals surface area contributed by atoms with Crippen LogP contribution in [0.1, 0.15) is 92.9 Å². The average molecular weight is 678 g/mol. The molecule has 0 aliphatic rings. The molecule has 0 saturated heterocycles. The Kier molecular flexibility index (Phi) is 14.1. The monoisotopic (exact) mass is 674 g/mol. The molecule has 1 rings (SSSR count). The van der Waals surface area contributed by atoms with Gasteiger partial charge in [-0.05, 0) is 82.5 Å². The molecule has 0 aliphatic carbocycles. The lowest BCUT2D eigenvalue weighted by atomic mass is 10.0. The number of hydrogen-bond donors (Lipinski definition) is 0. The summed E-state index contributed by atoms with van der Waals surface area (Å²) in [4.78, 5) is 25.9. The smallest absolute Gasteiger partial charge is 0.340 e. The summed E-state index contributed by atoms with van der Waals surface area (Å²) in [5.41, 5.74) is 0.333. The molecule has 0 fully saturated rings. The third-order valence-corrected chi connectivity index (χ3v) is 9.67. The highest BCUT2D eigenvalue weighted by molar-refractivity contribution is 9.15. The Labute approximate surface area is 213 Å². The summed E-state index contributed by atoms with van der Waals surface area (Å²) >= 11 is 13.8. The first-order chi connectivity index (χ1) is 14.3. The Morgan fingerprint density at radius 2 is 1.27 bits per heavy atom. The molecule has 30 heavy (non-hydrogen) atoms. The molecule has 0 heterocycles. The minimum Gasteiger partial charge on any atom is -0.462 e. The van der Waals surface area contributed by atoms with Crippen molar-refractivity contribution in [3.05, 3.63) is 29.0 Å². The van der Waals surface area contributed by atoms with Gasteiger partial charge in [0.1, 0.15) is 0 Å². The molecule has 0 saturated carbocycles. The number of esters is 2. The summed E-state index contributed by atoms with van der Waals surface area (Å²) in [6, 6.07) is 0. The minimum atomic E-state index is -0.544. The van der Waals surface area contributed by atoms with Crippen molar-refractivity contribution in [2.75, 3.05) is 13.2 Å². The van der Waals surface area contributed by atoms with E-state index in [0.717, 1.165) is 51.4 Å². The summed E-state index contributed by atoms with van der Waals surface area (Å²) < 4.78 is 13.3. The number of hydrogen-bond acceptors (Lipinski definition) is 4. The van der Waals surface area contributed by atoms with Gasteiger partial charge in [0.15, 0.2) is 0 Å². The second-order valence-electron chi connectivity index (χ2n) is 7.22. The number of carbonyl (C=O) groups is 2. The summed E-state index contributed by atoms with van der Waals surface area (Å²) in [5.74, 6) is -0.773. The Hall–Kier alpha value is 0.0800. The number of benzene rings is 1. The van der Waals surface area contributed by atoms with Crippen molar-refractivity contribution in [3.63, 3.8) is 0 Å². The van der Waals surface area contributed by atoms with Crippen LogP contribution >= 0.6 is 63.7 Å². The molecule has 170 valence electrons. The van der Waals surface area contributed by atoms with Crippen molar-refractivity contribution in [1.29, 1.82) is 0 Å². The zero-order valence-corrected chi connectivity index (χ0v) is 24.1. The molecule has 4 nitrogen and oxygen atoms in total. The molecule has 0 radical (unpaired) electrons. The lowest BCUT2D eigenvalue weighted by molar-refractivity contribution is 0.0402. The van der Waals surface area contributed by atoms with Gasteiger partial charge >= 0.3 is 11.9 Å². The number of rotatable bonds is 13. The van der Waals surface area contributed by atoms with Gasteiger partial charge in [-0.25, -0.2) is 9.59 Å². The van der Waals surface area contributed by atoms with Gasteiger partial charge in [0, 0.05) is 17.9 Å². The van der Waals surface area contributed by atoms with Crippen LogP contribution in [0.15, 0.2) is 17.9 Å². The van der Waals surface area contributed by atoms with Crippen molar-refractivity contribution < 1.29 is 19.1 Å². The van der Waals surface area contributed by atoms with Gasteiger partial charge in [0.05, 0.1) is 24.3 Å². The van der Waals surface area contributed by atoms with Crippen molar-refractivity contribution in [2.24, 2.45) is 5.92 Å². The van der Waals surface area contributed by atoms with Crippen molar-refractivity contribution >= 4 is 75.7 Å². The molecular weight excluding hydrogens is 648 g/mol. The molecule has 1 aromatic carbocycles. The lowest BCUT2D eigenvalue weighted by Gasteiger charge is -2.18. The zero-order chi connectivity index (χ0) is 22.7. The van der Waals surface area contributed by atoms with Gasteiger partial charge in [0.25, 0.3) is 0 Å². The van der Waals surface area contributed by atoms with Crippen LogP contribution in [0, 0.1) is 5.92 Å².